The van der Waals surface area contributed by atoms with Gasteiger partial charge in [-0.25, -0.2) is 0 Å². The van der Waals surface area contributed by atoms with Gasteiger partial charge < -0.3 is 14.7 Å². The average Bonchev–Trinajstić information content (AvgIpc) is 2.95. The zero-order chi connectivity index (χ0) is 20.4. The number of anilines is 1. The van der Waals surface area contributed by atoms with Gasteiger partial charge in [-0.15, -0.1) is 0 Å². The fourth-order valence-corrected chi connectivity index (χ4v) is 2.35. The van der Waals surface area contributed by atoms with Gasteiger partial charge in [0.15, 0.2) is 5.82 Å². The van der Waals surface area contributed by atoms with Crippen LogP contribution in [0.4, 0.5) is 19.0 Å². The predicted octanol–water partition coefficient (Wildman–Crippen LogP) is 3.88. The summed E-state index contributed by atoms with van der Waals surface area (Å²) in [5.41, 5.74) is -1.88. The first-order valence-electron chi connectivity index (χ1n) is 8.10. The lowest BCUT2D eigenvalue weighted by molar-refractivity contribution is -0.137. The molecule has 9 heteroatoms. The predicted molar refractivity (Wildman–Crippen MR) is 92.1 cm³/mol. The summed E-state index contributed by atoms with van der Waals surface area (Å²) in [5, 5.41) is 6.12. The Balaban J connectivity index is 2.23. The Morgan fingerprint density at radius 2 is 1.85 bits per heavy atom. The molecule has 0 spiro atoms. The van der Waals surface area contributed by atoms with Crippen molar-refractivity contribution in [2.75, 3.05) is 11.9 Å². The van der Waals surface area contributed by atoms with E-state index in [1.807, 2.05) is 0 Å². The quantitative estimate of drug-likeness (QED) is 0.869. The molecule has 0 bridgehead atoms. The number of halogens is 3. The largest absolute Gasteiger partial charge is 0.416 e. The lowest BCUT2D eigenvalue weighted by Gasteiger charge is -2.35. The van der Waals surface area contributed by atoms with E-state index in [0.29, 0.717) is 5.76 Å². The highest BCUT2D eigenvalue weighted by atomic mass is 19.4. The second-order valence-electron chi connectivity index (χ2n) is 7.01. The van der Waals surface area contributed by atoms with Gasteiger partial charge in [-0.3, -0.25) is 9.59 Å². The van der Waals surface area contributed by atoms with Crippen LogP contribution in [0.1, 0.15) is 42.5 Å². The third-order valence-corrected chi connectivity index (χ3v) is 3.69. The summed E-state index contributed by atoms with van der Waals surface area (Å²) in [6.45, 7) is 6.36. The van der Waals surface area contributed by atoms with Crippen LogP contribution in [0.15, 0.2) is 34.9 Å². The van der Waals surface area contributed by atoms with E-state index in [1.54, 1.807) is 27.7 Å². The van der Waals surface area contributed by atoms with Crippen molar-refractivity contribution in [1.82, 2.24) is 10.1 Å². The number of aryl methyl sites for hydroxylation is 1. The Hall–Kier alpha value is -2.84. The highest BCUT2D eigenvalue weighted by molar-refractivity contribution is 5.99. The fourth-order valence-electron chi connectivity index (χ4n) is 2.35. The van der Waals surface area contributed by atoms with Crippen LogP contribution in [0.2, 0.25) is 0 Å². The number of hydrogen-bond donors (Lipinski definition) is 1. The molecule has 0 atom stereocenters. The summed E-state index contributed by atoms with van der Waals surface area (Å²) in [6, 6.07) is 5.62. The lowest BCUT2D eigenvalue weighted by atomic mass is 10.0. The molecule has 1 aromatic carbocycles. The van der Waals surface area contributed by atoms with E-state index in [2.05, 4.69) is 10.5 Å². The number of nitrogens with one attached hydrogen (secondary N) is 1. The molecule has 0 aliphatic rings. The SMILES string of the molecule is Cc1cc(NC(=O)CN(C(=O)c2cccc(C(F)(F)F)c2)C(C)(C)C)no1. The summed E-state index contributed by atoms with van der Waals surface area (Å²) in [5.74, 6) is -0.533. The van der Waals surface area contributed by atoms with Crippen LogP contribution in [-0.2, 0) is 11.0 Å². The molecule has 0 saturated heterocycles. The lowest BCUT2D eigenvalue weighted by Crippen LogP contribution is -2.49. The molecule has 0 aliphatic carbocycles. The highest BCUT2D eigenvalue weighted by Gasteiger charge is 2.33. The van der Waals surface area contributed by atoms with E-state index in [1.165, 1.54) is 17.0 Å². The molecule has 6 nitrogen and oxygen atoms in total. The number of rotatable bonds is 4. The van der Waals surface area contributed by atoms with Crippen LogP contribution in [0.25, 0.3) is 0 Å². The Morgan fingerprint density at radius 1 is 1.19 bits per heavy atom. The number of benzene rings is 1. The first-order chi connectivity index (χ1) is 12.4. The number of nitrogens with zero attached hydrogens (tertiary/aromatic N) is 2. The van der Waals surface area contributed by atoms with E-state index < -0.39 is 29.1 Å². The van der Waals surface area contributed by atoms with Crippen molar-refractivity contribution in [1.29, 1.82) is 0 Å². The summed E-state index contributed by atoms with van der Waals surface area (Å²) in [4.78, 5) is 26.3. The Kier molecular flexibility index (Phi) is 5.62. The van der Waals surface area contributed by atoms with Crippen LogP contribution in [0.3, 0.4) is 0 Å². The van der Waals surface area contributed by atoms with Gasteiger partial charge in [-0.1, -0.05) is 11.2 Å². The minimum absolute atomic E-state index is 0.148. The Morgan fingerprint density at radius 3 is 2.37 bits per heavy atom. The molecule has 0 radical (unpaired) electrons. The van der Waals surface area contributed by atoms with Crippen molar-refractivity contribution in [2.45, 2.75) is 39.4 Å². The molecule has 2 rings (SSSR count). The molecule has 2 aromatic rings. The van der Waals surface area contributed by atoms with Crippen LogP contribution >= 0.6 is 0 Å². The molecular formula is C18H20F3N3O3. The molecule has 0 saturated carbocycles. The van der Waals surface area contributed by atoms with Gasteiger partial charge >= 0.3 is 6.18 Å². The van der Waals surface area contributed by atoms with E-state index in [0.717, 1.165) is 18.2 Å². The highest BCUT2D eigenvalue weighted by Crippen LogP contribution is 2.30. The Labute approximate surface area is 154 Å². The average molecular weight is 383 g/mol. The maximum atomic E-state index is 12.9. The molecule has 0 aliphatic heterocycles. The molecule has 1 heterocycles. The number of alkyl halides is 3. The van der Waals surface area contributed by atoms with Crippen molar-refractivity contribution in [2.24, 2.45) is 0 Å². The molecule has 1 N–H and O–H groups in total. The second-order valence-corrected chi connectivity index (χ2v) is 7.01. The maximum Gasteiger partial charge on any atom is 0.416 e. The number of aromatic nitrogens is 1. The Bertz CT molecular complexity index is 838. The van der Waals surface area contributed by atoms with Gasteiger partial charge in [0.25, 0.3) is 5.91 Å². The molecule has 2 amide bonds. The monoisotopic (exact) mass is 383 g/mol. The smallest absolute Gasteiger partial charge is 0.360 e. The van der Waals surface area contributed by atoms with Crippen molar-refractivity contribution < 1.29 is 27.3 Å². The van der Waals surface area contributed by atoms with Crippen molar-refractivity contribution >= 4 is 17.6 Å². The van der Waals surface area contributed by atoms with Crippen molar-refractivity contribution in [3.63, 3.8) is 0 Å². The van der Waals surface area contributed by atoms with Crippen LogP contribution in [-0.4, -0.2) is 34.0 Å². The van der Waals surface area contributed by atoms with E-state index in [9.17, 15) is 22.8 Å². The van der Waals surface area contributed by atoms with Gasteiger partial charge in [-0.05, 0) is 45.9 Å². The van der Waals surface area contributed by atoms with Gasteiger partial charge in [0.2, 0.25) is 5.91 Å². The third-order valence-electron chi connectivity index (χ3n) is 3.69. The molecular weight excluding hydrogens is 363 g/mol. The minimum Gasteiger partial charge on any atom is -0.360 e. The topological polar surface area (TPSA) is 75.4 Å². The fraction of sp³-hybridized carbons (Fsp3) is 0.389. The van der Waals surface area contributed by atoms with Crippen LogP contribution in [0, 0.1) is 6.92 Å². The second kappa shape index (κ2) is 7.42. The van der Waals surface area contributed by atoms with Crippen LogP contribution in [0.5, 0.6) is 0 Å². The van der Waals surface area contributed by atoms with Crippen molar-refractivity contribution in [3.05, 3.63) is 47.2 Å². The maximum absolute atomic E-state index is 12.9. The molecule has 146 valence electrons. The van der Waals surface area contributed by atoms with Gasteiger partial charge in [-0.2, -0.15) is 13.2 Å². The number of amides is 2. The number of hydrogen-bond acceptors (Lipinski definition) is 4. The minimum atomic E-state index is -4.56. The first-order valence-corrected chi connectivity index (χ1v) is 8.10. The molecule has 0 unspecified atom stereocenters. The van der Waals surface area contributed by atoms with Gasteiger partial charge in [0.05, 0.1) is 5.56 Å². The zero-order valence-corrected chi connectivity index (χ0v) is 15.3. The first kappa shape index (κ1) is 20.5. The number of carbonyl (C=O) groups excluding carboxylic acids is 2. The zero-order valence-electron chi connectivity index (χ0n) is 15.3. The molecule has 27 heavy (non-hydrogen) atoms. The molecule has 0 fully saturated rings. The van der Waals surface area contributed by atoms with E-state index >= 15 is 0 Å². The summed E-state index contributed by atoms with van der Waals surface area (Å²) in [7, 11) is 0. The normalized spacial score (nSPS) is 12.0. The van der Waals surface area contributed by atoms with E-state index in [4.69, 9.17) is 4.52 Å². The van der Waals surface area contributed by atoms with E-state index in [-0.39, 0.29) is 17.9 Å². The summed E-state index contributed by atoms with van der Waals surface area (Å²) in [6.07, 6.45) is -4.56. The standard InChI is InChI=1S/C18H20F3N3O3/c1-11-8-14(23-27-11)22-15(25)10-24(17(2,3)4)16(26)12-6-5-7-13(9-12)18(19,20)21/h5-9H,10H2,1-4H3,(H,22,23,25). The summed E-state index contributed by atoms with van der Waals surface area (Å²) >= 11 is 0. The van der Waals surface area contributed by atoms with Crippen molar-refractivity contribution in [3.8, 4) is 0 Å². The van der Waals surface area contributed by atoms with Gasteiger partial charge in [0.1, 0.15) is 12.3 Å². The summed E-state index contributed by atoms with van der Waals surface area (Å²) < 4.78 is 43.6. The molecule has 1 aromatic heterocycles. The van der Waals surface area contributed by atoms with Crippen LogP contribution < -0.4 is 5.32 Å². The van der Waals surface area contributed by atoms with Gasteiger partial charge in [0, 0.05) is 17.2 Å². The number of carbonyl (C=O) groups is 2. The third kappa shape index (κ3) is 5.32.